The highest BCUT2D eigenvalue weighted by atomic mass is 16.5. The summed E-state index contributed by atoms with van der Waals surface area (Å²) in [6.07, 6.45) is 1.09. The van der Waals surface area contributed by atoms with Crippen LogP contribution in [-0.4, -0.2) is 17.7 Å². The minimum Gasteiger partial charge on any atom is -0.481 e. The van der Waals surface area contributed by atoms with Crippen LogP contribution in [0.4, 0.5) is 0 Å². The van der Waals surface area contributed by atoms with Crippen LogP contribution in [0.2, 0.25) is 0 Å². The lowest BCUT2D eigenvalue weighted by molar-refractivity contribution is -0.127. The first-order valence-electron chi connectivity index (χ1n) is 7.79. The molecule has 2 aromatic rings. The fourth-order valence-electron chi connectivity index (χ4n) is 2.60. The standard InChI is InChI=1S/C19H17N3O2/c1-13(24-16-9-6-14(12-20)7-10-16)19(23)22-21-18-11-8-15-4-2-3-5-17(15)18/h2-7,9-10,13H,8,11H2,1H3,(H,22,23)/b21-18+/t13-/m1/s1. The molecule has 5 nitrogen and oxygen atoms in total. The highest BCUT2D eigenvalue weighted by molar-refractivity contribution is 6.04. The van der Waals surface area contributed by atoms with E-state index in [2.05, 4.69) is 16.6 Å². The van der Waals surface area contributed by atoms with Gasteiger partial charge in [0.2, 0.25) is 0 Å². The van der Waals surface area contributed by atoms with Crippen LogP contribution in [0, 0.1) is 11.3 Å². The predicted octanol–water partition coefficient (Wildman–Crippen LogP) is 2.79. The molecule has 0 aromatic heterocycles. The van der Waals surface area contributed by atoms with Crippen LogP contribution in [0.5, 0.6) is 5.75 Å². The van der Waals surface area contributed by atoms with Gasteiger partial charge in [-0.1, -0.05) is 24.3 Å². The van der Waals surface area contributed by atoms with E-state index in [9.17, 15) is 4.79 Å². The number of carbonyl (C=O) groups is 1. The average Bonchev–Trinajstić information content (AvgIpc) is 3.03. The van der Waals surface area contributed by atoms with Crippen LogP contribution < -0.4 is 10.2 Å². The molecule has 24 heavy (non-hydrogen) atoms. The molecule has 0 unspecified atom stereocenters. The Bertz CT molecular complexity index is 819. The van der Waals surface area contributed by atoms with Crippen molar-refractivity contribution in [3.63, 3.8) is 0 Å². The van der Waals surface area contributed by atoms with Crippen LogP contribution in [-0.2, 0) is 11.2 Å². The summed E-state index contributed by atoms with van der Waals surface area (Å²) in [5.41, 5.74) is 6.37. The summed E-state index contributed by atoms with van der Waals surface area (Å²) in [7, 11) is 0. The van der Waals surface area contributed by atoms with Crippen LogP contribution >= 0.6 is 0 Å². The molecule has 0 heterocycles. The third kappa shape index (κ3) is 3.44. The third-order valence-corrected chi connectivity index (χ3v) is 3.93. The van der Waals surface area contributed by atoms with E-state index in [0.29, 0.717) is 11.3 Å². The first kappa shape index (κ1) is 15.8. The van der Waals surface area contributed by atoms with E-state index in [1.807, 2.05) is 24.3 Å². The van der Waals surface area contributed by atoms with Crippen LogP contribution in [0.25, 0.3) is 0 Å². The van der Waals surface area contributed by atoms with E-state index in [0.717, 1.165) is 24.1 Å². The molecular formula is C19H17N3O2. The fraction of sp³-hybridized carbons (Fsp3) is 0.211. The Morgan fingerprint density at radius 3 is 2.71 bits per heavy atom. The number of aryl methyl sites for hydroxylation is 1. The second-order valence-corrected chi connectivity index (χ2v) is 5.59. The molecule has 2 aromatic carbocycles. The number of nitrogens with zero attached hydrogens (tertiary/aromatic N) is 2. The maximum Gasteiger partial charge on any atom is 0.280 e. The molecule has 0 radical (unpaired) electrons. The smallest absolute Gasteiger partial charge is 0.280 e. The predicted molar refractivity (Wildman–Crippen MR) is 90.7 cm³/mol. The molecule has 3 rings (SSSR count). The highest BCUT2D eigenvalue weighted by Crippen LogP contribution is 2.21. The van der Waals surface area contributed by atoms with Crippen molar-refractivity contribution in [1.29, 1.82) is 5.26 Å². The number of amides is 1. The second kappa shape index (κ2) is 6.97. The van der Waals surface area contributed by atoms with Gasteiger partial charge in [0, 0.05) is 5.56 Å². The van der Waals surface area contributed by atoms with Gasteiger partial charge in [-0.3, -0.25) is 4.79 Å². The Hall–Kier alpha value is -3.13. The first-order chi connectivity index (χ1) is 11.7. The van der Waals surface area contributed by atoms with Crippen molar-refractivity contribution in [2.45, 2.75) is 25.9 Å². The Kier molecular flexibility index (Phi) is 4.57. The summed E-state index contributed by atoms with van der Waals surface area (Å²) < 4.78 is 5.57. The van der Waals surface area contributed by atoms with E-state index in [1.165, 1.54) is 5.56 Å². The first-order valence-corrected chi connectivity index (χ1v) is 7.79. The van der Waals surface area contributed by atoms with Crippen molar-refractivity contribution in [1.82, 2.24) is 5.43 Å². The SMILES string of the molecule is C[C@@H](Oc1ccc(C#N)cc1)C(=O)N/N=C1\CCc2ccccc21. The Morgan fingerprint density at radius 1 is 1.21 bits per heavy atom. The van der Waals surface area contributed by atoms with E-state index < -0.39 is 6.10 Å². The Balaban J connectivity index is 1.60. The van der Waals surface area contributed by atoms with Gasteiger partial charge in [0.15, 0.2) is 6.10 Å². The zero-order valence-corrected chi connectivity index (χ0v) is 13.3. The maximum absolute atomic E-state index is 12.1. The summed E-state index contributed by atoms with van der Waals surface area (Å²) in [4.78, 5) is 12.1. The molecular weight excluding hydrogens is 302 g/mol. The van der Waals surface area contributed by atoms with Crippen LogP contribution in [0.1, 0.15) is 30.0 Å². The fourth-order valence-corrected chi connectivity index (χ4v) is 2.60. The number of carbonyl (C=O) groups excluding carboxylic acids is 1. The Labute approximate surface area is 140 Å². The number of benzene rings is 2. The molecule has 5 heteroatoms. The molecule has 1 amide bonds. The number of hydrogen-bond acceptors (Lipinski definition) is 4. The molecule has 1 atom stereocenters. The minimum atomic E-state index is -0.682. The van der Waals surface area contributed by atoms with Crippen LogP contribution in [0.3, 0.4) is 0 Å². The normalized spacial score (nSPS) is 15.4. The summed E-state index contributed by atoms with van der Waals surface area (Å²) in [5.74, 6) is 0.228. The van der Waals surface area contributed by atoms with E-state index >= 15 is 0 Å². The van der Waals surface area contributed by atoms with Crippen molar-refractivity contribution in [3.05, 3.63) is 65.2 Å². The molecule has 1 aliphatic carbocycles. The van der Waals surface area contributed by atoms with Gasteiger partial charge >= 0.3 is 0 Å². The molecule has 0 fully saturated rings. The van der Waals surface area contributed by atoms with Gasteiger partial charge in [0.05, 0.1) is 17.3 Å². The van der Waals surface area contributed by atoms with Gasteiger partial charge in [-0.2, -0.15) is 10.4 Å². The molecule has 0 saturated heterocycles. The monoisotopic (exact) mass is 319 g/mol. The van der Waals surface area contributed by atoms with Crippen molar-refractivity contribution < 1.29 is 9.53 Å². The molecule has 1 aliphatic rings. The summed E-state index contributed by atoms with van der Waals surface area (Å²) in [6.45, 7) is 1.66. The highest BCUT2D eigenvalue weighted by Gasteiger charge is 2.19. The minimum absolute atomic E-state index is 0.309. The van der Waals surface area contributed by atoms with Crippen molar-refractivity contribution in [3.8, 4) is 11.8 Å². The lowest BCUT2D eigenvalue weighted by Gasteiger charge is -2.13. The summed E-state index contributed by atoms with van der Waals surface area (Å²) in [6, 6.07) is 16.7. The molecule has 0 saturated carbocycles. The third-order valence-electron chi connectivity index (χ3n) is 3.93. The summed E-state index contributed by atoms with van der Waals surface area (Å²) in [5, 5.41) is 13.0. The number of hydrazone groups is 1. The number of nitriles is 1. The topological polar surface area (TPSA) is 74.5 Å². The van der Waals surface area contributed by atoms with E-state index in [4.69, 9.17) is 10.00 Å². The lowest BCUT2D eigenvalue weighted by atomic mass is 10.1. The quantitative estimate of drug-likeness (QED) is 0.881. The Morgan fingerprint density at radius 2 is 1.96 bits per heavy atom. The van der Waals surface area contributed by atoms with Crippen molar-refractivity contribution >= 4 is 11.6 Å². The zero-order chi connectivity index (χ0) is 16.9. The number of hydrogen-bond donors (Lipinski definition) is 1. The number of nitrogens with one attached hydrogen (secondary N) is 1. The number of ether oxygens (including phenoxy) is 1. The van der Waals surface area contributed by atoms with Gasteiger partial charge in [-0.15, -0.1) is 0 Å². The summed E-state index contributed by atoms with van der Waals surface area (Å²) >= 11 is 0. The van der Waals surface area contributed by atoms with E-state index in [1.54, 1.807) is 31.2 Å². The molecule has 120 valence electrons. The van der Waals surface area contributed by atoms with Gasteiger partial charge in [0.25, 0.3) is 5.91 Å². The van der Waals surface area contributed by atoms with Gasteiger partial charge in [0.1, 0.15) is 5.75 Å². The van der Waals surface area contributed by atoms with Crippen molar-refractivity contribution in [2.75, 3.05) is 0 Å². The largest absolute Gasteiger partial charge is 0.481 e. The zero-order valence-electron chi connectivity index (χ0n) is 13.3. The lowest BCUT2D eigenvalue weighted by Crippen LogP contribution is -2.34. The number of fused-ring (bicyclic) bond motifs is 1. The van der Waals surface area contributed by atoms with Crippen LogP contribution in [0.15, 0.2) is 53.6 Å². The second-order valence-electron chi connectivity index (χ2n) is 5.59. The van der Waals surface area contributed by atoms with E-state index in [-0.39, 0.29) is 5.91 Å². The average molecular weight is 319 g/mol. The number of rotatable bonds is 4. The maximum atomic E-state index is 12.1. The van der Waals surface area contributed by atoms with Gasteiger partial charge < -0.3 is 4.74 Å². The molecule has 0 spiro atoms. The molecule has 0 aliphatic heterocycles. The molecule has 0 bridgehead atoms. The van der Waals surface area contributed by atoms with Gasteiger partial charge in [-0.25, -0.2) is 5.43 Å². The van der Waals surface area contributed by atoms with Crippen molar-refractivity contribution in [2.24, 2.45) is 5.10 Å². The molecule has 1 N–H and O–H groups in total. The van der Waals surface area contributed by atoms with Gasteiger partial charge in [-0.05, 0) is 49.6 Å².